The molecule has 1 aromatic carbocycles. The van der Waals surface area contributed by atoms with Crippen molar-refractivity contribution in [3.8, 4) is 0 Å². The van der Waals surface area contributed by atoms with E-state index in [1.165, 1.54) is 24.0 Å². The fourth-order valence-electron chi connectivity index (χ4n) is 2.99. The number of benzene rings is 1. The molecule has 2 rings (SSSR count). The van der Waals surface area contributed by atoms with E-state index in [0.717, 1.165) is 19.4 Å². The molecular weight excluding hydrogens is 222 g/mol. The molecule has 1 aliphatic rings. The van der Waals surface area contributed by atoms with Gasteiger partial charge in [-0.2, -0.15) is 0 Å². The molecule has 0 heterocycles. The first kappa shape index (κ1) is 13.6. The molecule has 0 spiro atoms. The van der Waals surface area contributed by atoms with Crippen molar-refractivity contribution in [1.29, 1.82) is 0 Å². The van der Waals surface area contributed by atoms with Crippen LogP contribution < -0.4 is 5.73 Å². The maximum atomic E-state index is 6.47. The number of methoxy groups -OCH3 is 1. The monoisotopic (exact) mass is 247 g/mol. The number of hydrogen-bond donors (Lipinski definition) is 1. The first-order valence-electron chi connectivity index (χ1n) is 6.87. The molecule has 0 bridgehead atoms. The predicted molar refractivity (Wildman–Crippen MR) is 75.7 cm³/mol. The molecular formula is C16H25NO. The SMILES string of the molecule is COCC(C)(C)c1ccc(C2(N)CCCC2)cc1. The zero-order valence-corrected chi connectivity index (χ0v) is 11.8. The Hall–Kier alpha value is -0.860. The summed E-state index contributed by atoms with van der Waals surface area (Å²) in [4.78, 5) is 0. The van der Waals surface area contributed by atoms with Crippen molar-refractivity contribution in [3.63, 3.8) is 0 Å². The average Bonchev–Trinajstić information content (AvgIpc) is 2.78. The average molecular weight is 247 g/mol. The van der Waals surface area contributed by atoms with Crippen molar-refractivity contribution in [2.24, 2.45) is 5.73 Å². The van der Waals surface area contributed by atoms with E-state index in [0.29, 0.717) is 0 Å². The van der Waals surface area contributed by atoms with Gasteiger partial charge in [0, 0.05) is 18.1 Å². The Bertz CT molecular complexity index is 388. The van der Waals surface area contributed by atoms with Crippen molar-refractivity contribution in [3.05, 3.63) is 35.4 Å². The Kier molecular flexibility index (Phi) is 3.79. The van der Waals surface area contributed by atoms with Crippen LogP contribution in [0.2, 0.25) is 0 Å². The summed E-state index contributed by atoms with van der Waals surface area (Å²) in [6.45, 7) is 5.15. The summed E-state index contributed by atoms with van der Waals surface area (Å²) in [6, 6.07) is 8.83. The second-order valence-electron chi connectivity index (χ2n) is 6.26. The van der Waals surface area contributed by atoms with Crippen molar-refractivity contribution < 1.29 is 4.74 Å². The number of rotatable bonds is 4. The molecule has 0 amide bonds. The van der Waals surface area contributed by atoms with Gasteiger partial charge >= 0.3 is 0 Å². The minimum Gasteiger partial charge on any atom is -0.384 e. The molecule has 1 fully saturated rings. The summed E-state index contributed by atoms with van der Waals surface area (Å²) < 4.78 is 5.29. The highest BCUT2D eigenvalue weighted by Crippen LogP contribution is 2.37. The Morgan fingerprint density at radius 3 is 2.22 bits per heavy atom. The van der Waals surface area contributed by atoms with Gasteiger partial charge in [0.15, 0.2) is 0 Å². The Morgan fingerprint density at radius 2 is 1.72 bits per heavy atom. The first-order valence-corrected chi connectivity index (χ1v) is 6.87. The second-order valence-corrected chi connectivity index (χ2v) is 6.26. The molecule has 1 saturated carbocycles. The van der Waals surface area contributed by atoms with Gasteiger partial charge in [0.1, 0.15) is 0 Å². The highest BCUT2D eigenvalue weighted by Gasteiger charge is 2.31. The van der Waals surface area contributed by atoms with Gasteiger partial charge in [-0.05, 0) is 24.0 Å². The quantitative estimate of drug-likeness (QED) is 0.885. The van der Waals surface area contributed by atoms with Gasteiger partial charge in [0.25, 0.3) is 0 Å². The maximum absolute atomic E-state index is 6.47. The molecule has 0 radical (unpaired) electrons. The van der Waals surface area contributed by atoms with Crippen LogP contribution in [0.25, 0.3) is 0 Å². The van der Waals surface area contributed by atoms with Crippen molar-refractivity contribution in [2.45, 2.75) is 50.5 Å². The normalized spacial score (nSPS) is 19.1. The van der Waals surface area contributed by atoms with E-state index in [-0.39, 0.29) is 11.0 Å². The molecule has 100 valence electrons. The zero-order chi connectivity index (χ0) is 13.2. The smallest absolute Gasteiger partial charge is 0.0553 e. The Balaban J connectivity index is 2.20. The van der Waals surface area contributed by atoms with Gasteiger partial charge < -0.3 is 10.5 Å². The van der Waals surface area contributed by atoms with Crippen LogP contribution in [0.15, 0.2) is 24.3 Å². The zero-order valence-electron chi connectivity index (χ0n) is 11.8. The van der Waals surface area contributed by atoms with Crippen LogP contribution >= 0.6 is 0 Å². The highest BCUT2D eigenvalue weighted by atomic mass is 16.5. The van der Waals surface area contributed by atoms with Crippen LogP contribution in [0.3, 0.4) is 0 Å². The van der Waals surface area contributed by atoms with E-state index in [1.54, 1.807) is 7.11 Å². The summed E-state index contributed by atoms with van der Waals surface area (Å²) in [5.74, 6) is 0. The van der Waals surface area contributed by atoms with E-state index >= 15 is 0 Å². The summed E-state index contributed by atoms with van der Waals surface area (Å²) >= 11 is 0. The molecule has 2 nitrogen and oxygen atoms in total. The van der Waals surface area contributed by atoms with Crippen LogP contribution in [0.1, 0.15) is 50.7 Å². The molecule has 0 saturated heterocycles. The molecule has 0 unspecified atom stereocenters. The van der Waals surface area contributed by atoms with Gasteiger partial charge in [-0.3, -0.25) is 0 Å². The van der Waals surface area contributed by atoms with Gasteiger partial charge in [0.2, 0.25) is 0 Å². The van der Waals surface area contributed by atoms with E-state index in [9.17, 15) is 0 Å². The molecule has 0 aliphatic heterocycles. The van der Waals surface area contributed by atoms with Crippen molar-refractivity contribution in [2.75, 3.05) is 13.7 Å². The maximum Gasteiger partial charge on any atom is 0.0553 e. The van der Waals surface area contributed by atoms with E-state index < -0.39 is 0 Å². The lowest BCUT2D eigenvalue weighted by molar-refractivity contribution is 0.146. The number of hydrogen-bond acceptors (Lipinski definition) is 2. The van der Waals surface area contributed by atoms with Crippen LogP contribution in [0.5, 0.6) is 0 Å². The van der Waals surface area contributed by atoms with Crippen molar-refractivity contribution in [1.82, 2.24) is 0 Å². The summed E-state index contributed by atoms with van der Waals surface area (Å²) in [5.41, 5.74) is 9.06. The summed E-state index contributed by atoms with van der Waals surface area (Å²) in [6.07, 6.45) is 4.75. The van der Waals surface area contributed by atoms with Crippen LogP contribution in [-0.4, -0.2) is 13.7 Å². The molecule has 0 aromatic heterocycles. The lowest BCUT2D eigenvalue weighted by Gasteiger charge is -2.27. The minimum absolute atomic E-state index is 0.0602. The fraction of sp³-hybridized carbons (Fsp3) is 0.625. The third-order valence-corrected chi connectivity index (χ3v) is 4.24. The van der Waals surface area contributed by atoms with E-state index in [1.807, 2.05) is 0 Å². The first-order chi connectivity index (χ1) is 8.48. The molecule has 2 N–H and O–H groups in total. The molecule has 0 atom stereocenters. The van der Waals surface area contributed by atoms with Gasteiger partial charge in [0.05, 0.1) is 6.61 Å². The van der Waals surface area contributed by atoms with Crippen molar-refractivity contribution >= 4 is 0 Å². The van der Waals surface area contributed by atoms with E-state index in [4.69, 9.17) is 10.5 Å². The fourth-order valence-corrected chi connectivity index (χ4v) is 2.99. The standard InChI is InChI=1S/C16H25NO/c1-15(2,12-18-3)13-6-8-14(9-7-13)16(17)10-4-5-11-16/h6-9H,4-5,10-12,17H2,1-3H3. The number of ether oxygens (including phenoxy) is 1. The third-order valence-electron chi connectivity index (χ3n) is 4.24. The van der Waals surface area contributed by atoms with Crippen LogP contribution in [-0.2, 0) is 15.7 Å². The Morgan fingerprint density at radius 1 is 1.17 bits per heavy atom. The van der Waals surface area contributed by atoms with Gasteiger partial charge in [-0.25, -0.2) is 0 Å². The lowest BCUT2D eigenvalue weighted by Crippen LogP contribution is -2.33. The third kappa shape index (κ3) is 2.60. The highest BCUT2D eigenvalue weighted by molar-refractivity contribution is 5.32. The minimum atomic E-state index is -0.0794. The summed E-state index contributed by atoms with van der Waals surface area (Å²) in [5, 5.41) is 0. The number of nitrogens with two attached hydrogens (primary N) is 1. The molecule has 1 aliphatic carbocycles. The van der Waals surface area contributed by atoms with Crippen LogP contribution in [0, 0.1) is 0 Å². The Labute approximate surface area is 111 Å². The predicted octanol–water partition coefficient (Wildman–Crippen LogP) is 3.34. The topological polar surface area (TPSA) is 35.2 Å². The largest absolute Gasteiger partial charge is 0.384 e. The summed E-state index contributed by atoms with van der Waals surface area (Å²) in [7, 11) is 1.75. The second kappa shape index (κ2) is 5.02. The van der Waals surface area contributed by atoms with E-state index in [2.05, 4.69) is 38.1 Å². The van der Waals surface area contributed by atoms with Gasteiger partial charge in [-0.15, -0.1) is 0 Å². The lowest BCUT2D eigenvalue weighted by atomic mass is 9.82. The van der Waals surface area contributed by atoms with Crippen LogP contribution in [0.4, 0.5) is 0 Å². The molecule has 2 heteroatoms. The molecule has 1 aromatic rings. The molecule has 18 heavy (non-hydrogen) atoms. The van der Waals surface area contributed by atoms with Gasteiger partial charge in [-0.1, -0.05) is 51.0 Å².